The van der Waals surface area contributed by atoms with Crippen LogP contribution >= 0.6 is 11.3 Å². The van der Waals surface area contributed by atoms with Crippen molar-refractivity contribution in [1.82, 2.24) is 9.97 Å². The molecule has 51 heavy (non-hydrogen) atoms. The molecule has 0 aliphatic heterocycles. The number of hydrogen-bond acceptors (Lipinski definition) is 5. The van der Waals surface area contributed by atoms with E-state index in [4.69, 9.17) is 14.4 Å². The maximum Gasteiger partial charge on any atom is 0.160 e. The van der Waals surface area contributed by atoms with Crippen molar-refractivity contribution >= 4 is 70.6 Å². The number of aromatic nitrogens is 2. The van der Waals surface area contributed by atoms with Gasteiger partial charge in [0.15, 0.2) is 11.4 Å². The first kappa shape index (κ1) is 29.4. The maximum atomic E-state index is 6.87. The van der Waals surface area contributed by atoms with Gasteiger partial charge in [0, 0.05) is 43.4 Å². The maximum absolute atomic E-state index is 6.87. The molecule has 0 saturated carbocycles. The normalized spacial score (nSPS) is 11.5. The Bertz CT molecular complexity index is 2840. The summed E-state index contributed by atoms with van der Waals surface area (Å²) in [5.41, 5.74) is 11.0. The Kier molecular flexibility index (Phi) is 6.96. The highest BCUT2D eigenvalue weighted by molar-refractivity contribution is 7.26. The van der Waals surface area contributed by atoms with Crippen molar-refractivity contribution < 1.29 is 4.42 Å². The number of furan rings is 1. The van der Waals surface area contributed by atoms with Crippen molar-refractivity contribution in [2.75, 3.05) is 4.90 Å². The molecule has 7 aromatic carbocycles. The highest BCUT2D eigenvalue weighted by atomic mass is 32.1. The topological polar surface area (TPSA) is 42.2 Å². The van der Waals surface area contributed by atoms with Gasteiger partial charge in [0.25, 0.3) is 0 Å². The summed E-state index contributed by atoms with van der Waals surface area (Å²) in [5.74, 6) is 0.713. The van der Waals surface area contributed by atoms with Crippen molar-refractivity contribution in [3.05, 3.63) is 176 Å². The van der Waals surface area contributed by atoms with E-state index in [9.17, 15) is 0 Å². The number of fused-ring (bicyclic) bond motifs is 6. The van der Waals surface area contributed by atoms with Gasteiger partial charge in [0.05, 0.1) is 21.6 Å². The first-order chi connectivity index (χ1) is 25.3. The Hall–Kier alpha value is -6.56. The molecule has 4 nitrogen and oxygen atoms in total. The summed E-state index contributed by atoms with van der Waals surface area (Å²) in [7, 11) is 0. The molecule has 3 heterocycles. The van der Waals surface area contributed by atoms with Crippen LogP contribution < -0.4 is 4.90 Å². The number of para-hydroxylation sites is 2. The minimum absolute atomic E-state index is 0.713. The predicted octanol–water partition coefficient (Wildman–Crippen LogP) is 13.2. The molecule has 0 aliphatic rings. The molecule has 0 spiro atoms. The highest BCUT2D eigenvalue weighted by Crippen LogP contribution is 2.44. The van der Waals surface area contributed by atoms with Crippen molar-refractivity contribution in [2.45, 2.75) is 0 Å². The van der Waals surface area contributed by atoms with Crippen LogP contribution in [0.3, 0.4) is 0 Å². The van der Waals surface area contributed by atoms with Gasteiger partial charge >= 0.3 is 0 Å². The smallest absolute Gasteiger partial charge is 0.160 e. The number of anilines is 3. The summed E-state index contributed by atoms with van der Waals surface area (Å²) in [6, 6.07) is 61.3. The van der Waals surface area contributed by atoms with E-state index >= 15 is 0 Å². The van der Waals surface area contributed by atoms with Crippen LogP contribution in [0.1, 0.15) is 0 Å². The number of rotatable bonds is 6. The van der Waals surface area contributed by atoms with E-state index in [1.165, 1.54) is 15.8 Å². The van der Waals surface area contributed by atoms with Gasteiger partial charge in [0.2, 0.25) is 0 Å². The van der Waals surface area contributed by atoms with E-state index in [1.54, 1.807) is 11.3 Å². The molecule has 0 bridgehead atoms. The number of nitrogens with zero attached hydrogens (tertiary/aromatic N) is 3. The molecule has 10 rings (SSSR count). The molecule has 0 saturated heterocycles. The third kappa shape index (κ3) is 5.06. The zero-order valence-electron chi connectivity index (χ0n) is 27.4. The van der Waals surface area contributed by atoms with E-state index in [1.807, 2.05) is 30.3 Å². The van der Waals surface area contributed by atoms with Gasteiger partial charge < -0.3 is 9.32 Å². The summed E-state index contributed by atoms with van der Waals surface area (Å²) in [5, 5.41) is 3.27. The van der Waals surface area contributed by atoms with E-state index in [-0.39, 0.29) is 0 Å². The average Bonchev–Trinajstić information content (AvgIpc) is 3.78. The fourth-order valence-electron chi connectivity index (χ4n) is 7.05. The molecular formula is C46H29N3OS. The van der Waals surface area contributed by atoms with Crippen LogP contribution in [0.2, 0.25) is 0 Å². The first-order valence-corrected chi connectivity index (χ1v) is 17.8. The molecule has 3 aromatic heterocycles. The summed E-state index contributed by atoms with van der Waals surface area (Å²) >= 11 is 1.74. The van der Waals surface area contributed by atoms with Crippen LogP contribution in [0.4, 0.5) is 17.1 Å². The molecule has 0 fully saturated rings. The Morgan fingerprint density at radius 3 is 1.88 bits per heavy atom. The lowest BCUT2D eigenvalue weighted by molar-refractivity contribution is 0.669. The molecular weight excluding hydrogens is 643 g/mol. The van der Waals surface area contributed by atoms with Crippen LogP contribution in [-0.2, 0) is 0 Å². The summed E-state index contributed by atoms with van der Waals surface area (Å²) < 4.78 is 9.13. The minimum Gasteiger partial charge on any atom is -0.454 e. The Labute approximate surface area is 298 Å². The lowest BCUT2D eigenvalue weighted by atomic mass is 10.0. The monoisotopic (exact) mass is 671 g/mol. The third-order valence-corrected chi connectivity index (χ3v) is 10.7. The van der Waals surface area contributed by atoms with Crippen molar-refractivity contribution in [3.8, 4) is 33.8 Å². The molecule has 0 amide bonds. The molecule has 0 unspecified atom stereocenters. The quantitative estimate of drug-likeness (QED) is 0.176. The first-order valence-electron chi connectivity index (χ1n) is 17.0. The van der Waals surface area contributed by atoms with E-state index in [0.717, 1.165) is 71.4 Å². The van der Waals surface area contributed by atoms with Gasteiger partial charge in [-0.3, -0.25) is 0 Å². The Morgan fingerprint density at radius 1 is 0.471 bits per heavy atom. The Morgan fingerprint density at radius 2 is 1.10 bits per heavy atom. The molecule has 240 valence electrons. The standard InChI is InChI=1S/C46H29N3OS/c1-4-13-30(14-5-1)31-23-26-35(27-24-31)49(34-17-8-3-9-18-34)39-21-12-20-37-36-28-25-33(29-40(36)50-44(37)39)42-45-43(38-19-10-11-22-41(38)51-45)48-46(47-42)32-15-6-2-7-16-32/h1-29H. The summed E-state index contributed by atoms with van der Waals surface area (Å²) in [4.78, 5) is 12.6. The average molecular weight is 672 g/mol. The molecule has 5 heteroatoms. The third-order valence-electron chi connectivity index (χ3n) is 9.49. The van der Waals surface area contributed by atoms with Gasteiger partial charge in [-0.25, -0.2) is 9.97 Å². The summed E-state index contributed by atoms with van der Waals surface area (Å²) in [6.45, 7) is 0. The largest absolute Gasteiger partial charge is 0.454 e. The molecule has 0 radical (unpaired) electrons. The van der Waals surface area contributed by atoms with E-state index in [0.29, 0.717) is 5.82 Å². The zero-order valence-corrected chi connectivity index (χ0v) is 28.2. The van der Waals surface area contributed by atoms with Gasteiger partial charge in [-0.1, -0.05) is 127 Å². The number of hydrogen-bond donors (Lipinski definition) is 0. The fraction of sp³-hybridized carbons (Fsp3) is 0. The van der Waals surface area contributed by atoms with Crippen LogP contribution in [0.15, 0.2) is 180 Å². The second-order valence-electron chi connectivity index (χ2n) is 12.6. The van der Waals surface area contributed by atoms with Gasteiger partial charge in [0.1, 0.15) is 5.58 Å². The van der Waals surface area contributed by atoms with E-state index in [2.05, 4.69) is 150 Å². The highest BCUT2D eigenvalue weighted by Gasteiger charge is 2.21. The number of benzene rings is 7. The fourth-order valence-corrected chi connectivity index (χ4v) is 8.20. The van der Waals surface area contributed by atoms with Gasteiger partial charge in [-0.2, -0.15) is 0 Å². The Balaban J connectivity index is 1.14. The molecule has 0 aliphatic carbocycles. The predicted molar refractivity (Wildman–Crippen MR) is 213 cm³/mol. The molecule has 0 N–H and O–H groups in total. The lowest BCUT2D eigenvalue weighted by Gasteiger charge is -2.25. The molecule has 10 aromatic rings. The zero-order chi connectivity index (χ0) is 33.7. The summed E-state index contributed by atoms with van der Waals surface area (Å²) in [6.07, 6.45) is 0. The lowest BCUT2D eigenvalue weighted by Crippen LogP contribution is -2.10. The minimum atomic E-state index is 0.713. The van der Waals surface area contributed by atoms with Crippen molar-refractivity contribution in [2.24, 2.45) is 0 Å². The van der Waals surface area contributed by atoms with Crippen LogP contribution in [-0.4, -0.2) is 9.97 Å². The second kappa shape index (κ2) is 12.1. The SMILES string of the molecule is c1ccc(-c2ccc(N(c3ccccc3)c3cccc4c3oc3cc(-c5nc(-c6ccccc6)nc6c5sc5ccccc56)ccc34)cc2)cc1. The van der Waals surface area contributed by atoms with Gasteiger partial charge in [-0.05, 0) is 59.7 Å². The van der Waals surface area contributed by atoms with Crippen molar-refractivity contribution in [3.63, 3.8) is 0 Å². The van der Waals surface area contributed by atoms with Gasteiger partial charge in [-0.15, -0.1) is 11.3 Å². The van der Waals surface area contributed by atoms with Crippen LogP contribution in [0.25, 0.3) is 76.0 Å². The number of thiophene rings is 1. The van der Waals surface area contributed by atoms with Crippen molar-refractivity contribution in [1.29, 1.82) is 0 Å². The van der Waals surface area contributed by atoms with E-state index < -0.39 is 0 Å². The second-order valence-corrected chi connectivity index (χ2v) is 13.6. The molecule has 0 atom stereocenters. The van der Waals surface area contributed by atoms with Crippen LogP contribution in [0, 0.1) is 0 Å². The van der Waals surface area contributed by atoms with Crippen LogP contribution in [0.5, 0.6) is 0 Å².